The Labute approximate surface area is 118 Å². The SMILES string of the molecule is CC(CCCNC(=O)N1CCC(C)(C(N)=O)C1)C(=O)O. The highest BCUT2D eigenvalue weighted by atomic mass is 16.4. The van der Waals surface area contributed by atoms with E-state index in [4.69, 9.17) is 10.8 Å². The number of likely N-dealkylation sites (tertiary alicyclic amines) is 1. The van der Waals surface area contributed by atoms with E-state index in [0.717, 1.165) is 0 Å². The number of aliphatic carboxylic acids is 1. The van der Waals surface area contributed by atoms with E-state index in [1.165, 1.54) is 0 Å². The molecule has 1 fully saturated rings. The van der Waals surface area contributed by atoms with Gasteiger partial charge in [0.05, 0.1) is 11.3 Å². The molecule has 1 rings (SSSR count). The molecule has 7 heteroatoms. The lowest BCUT2D eigenvalue weighted by atomic mass is 9.89. The first-order valence-corrected chi connectivity index (χ1v) is 6.82. The largest absolute Gasteiger partial charge is 0.481 e. The minimum absolute atomic E-state index is 0.224. The number of carbonyl (C=O) groups is 3. The molecule has 0 spiro atoms. The lowest BCUT2D eigenvalue weighted by Crippen LogP contribution is -2.42. The summed E-state index contributed by atoms with van der Waals surface area (Å²) in [7, 11) is 0. The van der Waals surface area contributed by atoms with E-state index in [2.05, 4.69) is 5.32 Å². The van der Waals surface area contributed by atoms with Gasteiger partial charge in [-0.05, 0) is 26.2 Å². The number of hydrogen-bond acceptors (Lipinski definition) is 3. The van der Waals surface area contributed by atoms with Crippen LogP contribution >= 0.6 is 0 Å². The lowest BCUT2D eigenvalue weighted by molar-refractivity contribution is -0.141. The van der Waals surface area contributed by atoms with Gasteiger partial charge >= 0.3 is 12.0 Å². The summed E-state index contributed by atoms with van der Waals surface area (Å²) in [6.07, 6.45) is 1.71. The Morgan fingerprint density at radius 3 is 2.60 bits per heavy atom. The van der Waals surface area contributed by atoms with Gasteiger partial charge in [-0.2, -0.15) is 0 Å². The first-order chi connectivity index (χ1) is 9.26. The highest BCUT2D eigenvalue weighted by Crippen LogP contribution is 2.29. The molecule has 3 amide bonds. The monoisotopic (exact) mass is 285 g/mol. The molecular formula is C13H23N3O4. The van der Waals surface area contributed by atoms with Gasteiger partial charge in [0, 0.05) is 19.6 Å². The minimum atomic E-state index is -0.826. The third-order valence-electron chi connectivity index (χ3n) is 3.87. The predicted octanol–water partition coefficient (Wildman–Crippen LogP) is 0.394. The number of carboxylic acid groups (broad SMARTS) is 1. The maximum absolute atomic E-state index is 11.9. The average Bonchev–Trinajstić information content (AvgIpc) is 2.78. The van der Waals surface area contributed by atoms with Gasteiger partial charge in [-0.25, -0.2) is 4.79 Å². The zero-order chi connectivity index (χ0) is 15.3. The number of hydrogen-bond donors (Lipinski definition) is 3. The van der Waals surface area contributed by atoms with Crippen LogP contribution in [0.15, 0.2) is 0 Å². The molecule has 2 unspecified atom stereocenters. The van der Waals surface area contributed by atoms with Crippen LogP contribution < -0.4 is 11.1 Å². The highest BCUT2D eigenvalue weighted by Gasteiger charge is 2.40. The standard InChI is InChI=1S/C13H23N3O4/c1-9(10(17)18)4-3-6-15-12(20)16-7-5-13(2,8-16)11(14)19/h9H,3-8H2,1-2H3,(H2,14,19)(H,15,20)(H,17,18). The van der Waals surface area contributed by atoms with Crippen LogP contribution in [-0.2, 0) is 9.59 Å². The summed E-state index contributed by atoms with van der Waals surface area (Å²) in [4.78, 5) is 35.4. The number of primary amides is 1. The first-order valence-electron chi connectivity index (χ1n) is 6.82. The molecule has 4 N–H and O–H groups in total. The van der Waals surface area contributed by atoms with Gasteiger partial charge in [0.2, 0.25) is 5.91 Å². The van der Waals surface area contributed by atoms with Crippen LogP contribution in [0.25, 0.3) is 0 Å². The van der Waals surface area contributed by atoms with Crippen LogP contribution in [0.1, 0.15) is 33.1 Å². The van der Waals surface area contributed by atoms with E-state index < -0.39 is 17.3 Å². The molecule has 1 aliphatic rings. The summed E-state index contributed by atoms with van der Waals surface area (Å²) in [5.74, 6) is -1.62. The lowest BCUT2D eigenvalue weighted by Gasteiger charge is -2.21. The zero-order valence-electron chi connectivity index (χ0n) is 12.0. The summed E-state index contributed by atoms with van der Waals surface area (Å²) in [5.41, 5.74) is 4.68. The smallest absolute Gasteiger partial charge is 0.317 e. The summed E-state index contributed by atoms with van der Waals surface area (Å²) >= 11 is 0. The molecule has 2 atom stereocenters. The fraction of sp³-hybridized carbons (Fsp3) is 0.769. The number of nitrogens with one attached hydrogen (secondary N) is 1. The Hall–Kier alpha value is -1.79. The fourth-order valence-electron chi connectivity index (χ4n) is 2.17. The maximum Gasteiger partial charge on any atom is 0.317 e. The number of urea groups is 1. The van der Waals surface area contributed by atoms with Crippen LogP contribution in [-0.4, -0.2) is 47.5 Å². The van der Waals surface area contributed by atoms with Crippen LogP contribution in [0.3, 0.4) is 0 Å². The van der Waals surface area contributed by atoms with Crippen molar-refractivity contribution in [3.8, 4) is 0 Å². The summed E-state index contributed by atoms with van der Waals surface area (Å²) < 4.78 is 0. The number of nitrogens with two attached hydrogens (primary N) is 1. The van der Waals surface area contributed by atoms with Crippen molar-refractivity contribution < 1.29 is 19.5 Å². The molecule has 20 heavy (non-hydrogen) atoms. The molecule has 0 radical (unpaired) electrons. The van der Waals surface area contributed by atoms with E-state index in [-0.39, 0.29) is 11.9 Å². The van der Waals surface area contributed by atoms with E-state index in [0.29, 0.717) is 38.9 Å². The van der Waals surface area contributed by atoms with Crippen molar-refractivity contribution in [3.05, 3.63) is 0 Å². The van der Waals surface area contributed by atoms with E-state index in [1.807, 2.05) is 0 Å². The molecule has 0 aromatic heterocycles. The van der Waals surface area contributed by atoms with Gasteiger partial charge in [-0.3, -0.25) is 9.59 Å². The second-order valence-corrected chi connectivity index (χ2v) is 5.71. The number of amides is 3. The molecule has 1 aliphatic heterocycles. The minimum Gasteiger partial charge on any atom is -0.481 e. The van der Waals surface area contributed by atoms with Crippen molar-refractivity contribution in [2.75, 3.05) is 19.6 Å². The molecule has 7 nitrogen and oxygen atoms in total. The molecule has 0 aliphatic carbocycles. The molecule has 1 heterocycles. The molecular weight excluding hydrogens is 262 g/mol. The Balaban J connectivity index is 2.28. The Kier molecular flexibility index (Phi) is 5.35. The van der Waals surface area contributed by atoms with Crippen LogP contribution in [0.2, 0.25) is 0 Å². The molecule has 114 valence electrons. The van der Waals surface area contributed by atoms with Crippen molar-refractivity contribution in [2.45, 2.75) is 33.1 Å². The second-order valence-electron chi connectivity index (χ2n) is 5.71. The summed E-state index contributed by atoms with van der Waals surface area (Å²) in [5, 5.41) is 11.5. The number of carboxylic acids is 1. The van der Waals surface area contributed by atoms with E-state index in [9.17, 15) is 14.4 Å². The topological polar surface area (TPSA) is 113 Å². The Bertz CT molecular complexity index is 399. The number of nitrogens with zero attached hydrogens (tertiary/aromatic N) is 1. The number of carbonyl (C=O) groups excluding carboxylic acids is 2. The second kappa shape index (κ2) is 6.58. The van der Waals surface area contributed by atoms with E-state index >= 15 is 0 Å². The van der Waals surface area contributed by atoms with Crippen LogP contribution in [0.5, 0.6) is 0 Å². The van der Waals surface area contributed by atoms with Crippen LogP contribution in [0, 0.1) is 11.3 Å². The Morgan fingerprint density at radius 2 is 2.10 bits per heavy atom. The van der Waals surface area contributed by atoms with E-state index in [1.54, 1.807) is 18.7 Å². The first kappa shape index (κ1) is 16.3. The summed E-state index contributed by atoms with van der Waals surface area (Å²) in [6, 6.07) is -0.224. The van der Waals surface area contributed by atoms with Crippen molar-refractivity contribution >= 4 is 17.9 Å². The normalized spacial score (nSPS) is 23.4. The van der Waals surface area contributed by atoms with Crippen LogP contribution in [0.4, 0.5) is 4.79 Å². The third-order valence-corrected chi connectivity index (χ3v) is 3.87. The average molecular weight is 285 g/mol. The molecule has 0 saturated carbocycles. The molecule has 0 bridgehead atoms. The van der Waals surface area contributed by atoms with Crippen molar-refractivity contribution in [1.29, 1.82) is 0 Å². The maximum atomic E-state index is 11.9. The fourth-order valence-corrected chi connectivity index (χ4v) is 2.17. The van der Waals surface area contributed by atoms with Gasteiger partial charge in [-0.15, -0.1) is 0 Å². The van der Waals surface area contributed by atoms with Gasteiger partial charge in [-0.1, -0.05) is 6.92 Å². The van der Waals surface area contributed by atoms with Gasteiger partial charge < -0.3 is 21.1 Å². The van der Waals surface area contributed by atoms with Gasteiger partial charge in [0.15, 0.2) is 0 Å². The van der Waals surface area contributed by atoms with Crippen molar-refractivity contribution in [3.63, 3.8) is 0 Å². The predicted molar refractivity (Wildman–Crippen MR) is 72.9 cm³/mol. The van der Waals surface area contributed by atoms with Gasteiger partial charge in [0.1, 0.15) is 0 Å². The third kappa shape index (κ3) is 4.11. The zero-order valence-corrected chi connectivity index (χ0v) is 12.0. The van der Waals surface area contributed by atoms with Gasteiger partial charge in [0.25, 0.3) is 0 Å². The molecule has 0 aromatic carbocycles. The van der Waals surface area contributed by atoms with Crippen molar-refractivity contribution in [2.24, 2.45) is 17.1 Å². The Morgan fingerprint density at radius 1 is 1.45 bits per heavy atom. The number of rotatable bonds is 6. The molecule has 0 aromatic rings. The highest BCUT2D eigenvalue weighted by molar-refractivity contribution is 5.83. The van der Waals surface area contributed by atoms with Crippen molar-refractivity contribution in [1.82, 2.24) is 10.2 Å². The molecule has 1 saturated heterocycles. The summed E-state index contributed by atoms with van der Waals surface area (Å²) in [6.45, 7) is 4.68. The quantitative estimate of drug-likeness (QED) is 0.613.